The van der Waals surface area contributed by atoms with Crippen molar-refractivity contribution in [2.75, 3.05) is 14.2 Å². The van der Waals surface area contributed by atoms with Crippen LogP contribution in [0.15, 0.2) is 16.6 Å². The third-order valence-electron chi connectivity index (χ3n) is 2.98. The number of carbonyl (C=O) groups excluding carboxylic acids is 1. The van der Waals surface area contributed by atoms with Gasteiger partial charge in [-0.3, -0.25) is 4.79 Å². The fourth-order valence-electron chi connectivity index (χ4n) is 1.66. The number of nitriles is 1. The van der Waals surface area contributed by atoms with Crippen LogP contribution in [0.5, 0.6) is 11.5 Å². The van der Waals surface area contributed by atoms with E-state index in [9.17, 15) is 10.1 Å². The summed E-state index contributed by atoms with van der Waals surface area (Å²) in [5.74, 6) is 0.633. The molecule has 0 saturated carbocycles. The molecule has 114 valence electrons. The number of halogens is 1. The van der Waals surface area contributed by atoms with Crippen LogP contribution in [0.2, 0.25) is 0 Å². The Morgan fingerprint density at radius 2 is 1.76 bits per heavy atom. The van der Waals surface area contributed by atoms with Crippen molar-refractivity contribution in [2.24, 2.45) is 5.41 Å². The number of hydrogen-bond acceptors (Lipinski definition) is 4. The Morgan fingerprint density at radius 3 is 2.10 bits per heavy atom. The Hall–Kier alpha value is -1.74. The van der Waals surface area contributed by atoms with E-state index in [1.807, 2.05) is 20.8 Å². The Labute approximate surface area is 133 Å². The number of carbonyl (C=O) groups is 1. The summed E-state index contributed by atoms with van der Waals surface area (Å²) < 4.78 is 11.0. The summed E-state index contributed by atoms with van der Waals surface area (Å²) >= 11 is 3.35. The number of methoxy groups -OCH3 is 2. The second-order valence-corrected chi connectivity index (χ2v) is 6.39. The largest absolute Gasteiger partial charge is 0.495 e. The highest BCUT2D eigenvalue weighted by atomic mass is 79.9. The molecule has 1 N–H and O–H groups in total. The molecule has 1 amide bonds. The van der Waals surface area contributed by atoms with Gasteiger partial charge in [0.15, 0.2) is 0 Å². The summed E-state index contributed by atoms with van der Waals surface area (Å²) in [7, 11) is 3.02. The van der Waals surface area contributed by atoms with Gasteiger partial charge in [-0.2, -0.15) is 5.26 Å². The van der Waals surface area contributed by atoms with E-state index >= 15 is 0 Å². The maximum atomic E-state index is 12.3. The van der Waals surface area contributed by atoms with Gasteiger partial charge in [0.2, 0.25) is 0 Å². The fraction of sp³-hybridized carbons (Fsp3) is 0.467. The van der Waals surface area contributed by atoms with Crippen LogP contribution in [-0.4, -0.2) is 26.2 Å². The topological polar surface area (TPSA) is 71.3 Å². The van der Waals surface area contributed by atoms with Gasteiger partial charge in [0, 0.05) is 5.56 Å². The van der Waals surface area contributed by atoms with Crippen molar-refractivity contribution in [1.82, 2.24) is 5.32 Å². The number of ether oxygens (including phenoxy) is 2. The minimum Gasteiger partial charge on any atom is -0.495 e. The Kier molecular flexibility index (Phi) is 5.62. The minimum atomic E-state index is -0.592. The zero-order chi connectivity index (χ0) is 16.2. The number of nitrogens with one attached hydrogen (secondary N) is 1. The third-order valence-corrected chi connectivity index (χ3v) is 3.76. The lowest BCUT2D eigenvalue weighted by atomic mass is 9.87. The van der Waals surface area contributed by atoms with Crippen LogP contribution in [-0.2, 0) is 0 Å². The quantitative estimate of drug-likeness (QED) is 0.901. The predicted molar refractivity (Wildman–Crippen MR) is 83.6 cm³/mol. The molecule has 1 aromatic carbocycles. The molecular weight excluding hydrogens is 336 g/mol. The summed E-state index contributed by atoms with van der Waals surface area (Å²) in [6.07, 6.45) is 0. The van der Waals surface area contributed by atoms with Crippen LogP contribution in [0.1, 0.15) is 31.1 Å². The van der Waals surface area contributed by atoms with Gasteiger partial charge in [0.05, 0.1) is 20.3 Å². The van der Waals surface area contributed by atoms with E-state index in [0.717, 1.165) is 0 Å². The maximum absolute atomic E-state index is 12.3. The molecule has 1 aromatic rings. The molecule has 5 nitrogen and oxygen atoms in total. The number of amides is 1. The molecule has 1 rings (SSSR count). The van der Waals surface area contributed by atoms with Crippen LogP contribution < -0.4 is 14.8 Å². The van der Waals surface area contributed by atoms with Gasteiger partial charge in [-0.15, -0.1) is 0 Å². The predicted octanol–water partition coefficient (Wildman–Crippen LogP) is 3.13. The summed E-state index contributed by atoms with van der Waals surface area (Å²) in [5, 5.41) is 11.9. The highest BCUT2D eigenvalue weighted by molar-refractivity contribution is 9.10. The van der Waals surface area contributed by atoms with Gasteiger partial charge < -0.3 is 14.8 Å². The number of nitrogens with zero attached hydrogens (tertiary/aromatic N) is 1. The normalized spacial score (nSPS) is 12.2. The number of benzene rings is 1. The van der Waals surface area contributed by atoms with Gasteiger partial charge in [0.25, 0.3) is 5.91 Å². The molecule has 0 bridgehead atoms. The van der Waals surface area contributed by atoms with Crippen molar-refractivity contribution in [3.8, 4) is 17.6 Å². The lowest BCUT2D eigenvalue weighted by Gasteiger charge is -2.25. The minimum absolute atomic E-state index is 0.347. The van der Waals surface area contributed by atoms with E-state index in [0.29, 0.717) is 21.5 Å². The fourth-order valence-corrected chi connectivity index (χ4v) is 2.21. The zero-order valence-electron chi connectivity index (χ0n) is 12.8. The Morgan fingerprint density at radius 1 is 1.29 bits per heavy atom. The molecule has 0 radical (unpaired) electrons. The lowest BCUT2D eigenvalue weighted by Crippen LogP contribution is -2.42. The number of hydrogen-bond donors (Lipinski definition) is 1. The highest BCUT2D eigenvalue weighted by Crippen LogP contribution is 2.35. The highest BCUT2D eigenvalue weighted by Gasteiger charge is 2.27. The average Bonchev–Trinajstić information content (AvgIpc) is 2.43. The average molecular weight is 355 g/mol. The summed E-state index contributed by atoms with van der Waals surface area (Å²) in [4.78, 5) is 12.3. The van der Waals surface area contributed by atoms with Crippen LogP contribution in [0.4, 0.5) is 0 Å². The van der Waals surface area contributed by atoms with Crippen molar-refractivity contribution >= 4 is 21.8 Å². The molecule has 0 unspecified atom stereocenters. The first kappa shape index (κ1) is 17.3. The molecule has 0 aliphatic carbocycles. The van der Waals surface area contributed by atoms with E-state index < -0.39 is 6.04 Å². The molecule has 21 heavy (non-hydrogen) atoms. The monoisotopic (exact) mass is 354 g/mol. The molecule has 0 aromatic heterocycles. The first-order valence-corrected chi connectivity index (χ1v) is 7.16. The molecule has 0 heterocycles. The second-order valence-electron chi connectivity index (χ2n) is 5.60. The van der Waals surface area contributed by atoms with Crippen molar-refractivity contribution in [3.05, 3.63) is 22.2 Å². The zero-order valence-corrected chi connectivity index (χ0v) is 14.4. The van der Waals surface area contributed by atoms with Crippen molar-refractivity contribution in [2.45, 2.75) is 26.8 Å². The first-order chi connectivity index (χ1) is 9.74. The van der Waals surface area contributed by atoms with Crippen molar-refractivity contribution in [1.29, 1.82) is 5.26 Å². The van der Waals surface area contributed by atoms with Crippen molar-refractivity contribution < 1.29 is 14.3 Å². The van der Waals surface area contributed by atoms with Crippen LogP contribution in [0.3, 0.4) is 0 Å². The Bertz CT molecular complexity index is 548. The van der Waals surface area contributed by atoms with E-state index in [4.69, 9.17) is 9.47 Å². The van der Waals surface area contributed by atoms with Crippen LogP contribution in [0, 0.1) is 16.7 Å². The van der Waals surface area contributed by atoms with Gasteiger partial charge in [-0.1, -0.05) is 20.8 Å². The van der Waals surface area contributed by atoms with E-state index in [1.54, 1.807) is 12.1 Å². The Balaban J connectivity index is 3.11. The molecule has 6 heteroatoms. The van der Waals surface area contributed by atoms with E-state index in [1.165, 1.54) is 14.2 Å². The first-order valence-electron chi connectivity index (χ1n) is 6.36. The summed E-state index contributed by atoms with van der Waals surface area (Å²) in [5.41, 5.74) is 0.0184. The van der Waals surface area contributed by atoms with Crippen LogP contribution in [0.25, 0.3) is 0 Å². The SMILES string of the molecule is COc1cc(C(=O)N[C@@H](C#N)C(C)(C)C)cc(OC)c1Br. The molecule has 1 atom stereocenters. The van der Waals surface area contributed by atoms with Gasteiger partial charge >= 0.3 is 0 Å². The standard InChI is InChI=1S/C15H19BrN2O3/c1-15(2,3)12(8-17)18-14(19)9-6-10(20-4)13(16)11(7-9)21-5/h6-7,12H,1-5H3,(H,18,19)/t12-/m0/s1. The van der Waals surface area contributed by atoms with Crippen LogP contribution >= 0.6 is 15.9 Å². The second kappa shape index (κ2) is 6.81. The molecule has 0 spiro atoms. The molecular formula is C15H19BrN2O3. The van der Waals surface area contributed by atoms with E-state index in [2.05, 4.69) is 27.3 Å². The smallest absolute Gasteiger partial charge is 0.252 e. The van der Waals surface area contributed by atoms with Crippen molar-refractivity contribution in [3.63, 3.8) is 0 Å². The molecule has 0 aliphatic rings. The van der Waals surface area contributed by atoms with Gasteiger partial charge in [-0.25, -0.2) is 0 Å². The molecule has 0 fully saturated rings. The maximum Gasteiger partial charge on any atom is 0.252 e. The summed E-state index contributed by atoms with van der Waals surface area (Å²) in [6, 6.07) is 4.71. The van der Waals surface area contributed by atoms with Gasteiger partial charge in [0.1, 0.15) is 22.0 Å². The van der Waals surface area contributed by atoms with E-state index in [-0.39, 0.29) is 11.3 Å². The molecule has 0 saturated heterocycles. The number of rotatable bonds is 4. The lowest BCUT2D eigenvalue weighted by molar-refractivity contribution is 0.0921. The third kappa shape index (κ3) is 4.11. The molecule has 0 aliphatic heterocycles. The van der Waals surface area contributed by atoms with Gasteiger partial charge in [-0.05, 0) is 33.5 Å². The summed E-state index contributed by atoms with van der Waals surface area (Å²) in [6.45, 7) is 5.68.